The van der Waals surface area contributed by atoms with Crippen LogP contribution in [0.1, 0.15) is 11.6 Å². The van der Waals surface area contributed by atoms with Crippen molar-refractivity contribution in [2.45, 2.75) is 6.04 Å². The molecule has 0 bridgehead atoms. The summed E-state index contributed by atoms with van der Waals surface area (Å²) in [5, 5.41) is 0. The van der Waals surface area contributed by atoms with Crippen LogP contribution in [0.5, 0.6) is 0 Å². The Morgan fingerprint density at radius 1 is 1.05 bits per heavy atom. The summed E-state index contributed by atoms with van der Waals surface area (Å²) >= 11 is 0. The average molecular weight is 251 g/mol. The van der Waals surface area contributed by atoms with Gasteiger partial charge in [-0.3, -0.25) is 4.79 Å². The van der Waals surface area contributed by atoms with E-state index in [2.05, 4.69) is 4.98 Å². The Balaban J connectivity index is 2.18. The lowest BCUT2D eigenvalue weighted by molar-refractivity contribution is -0.120. The molecule has 3 rings (SSSR count). The van der Waals surface area contributed by atoms with E-state index in [1.54, 1.807) is 6.33 Å². The lowest BCUT2D eigenvalue weighted by atomic mass is 10.1. The number of amides is 1. The van der Waals surface area contributed by atoms with Gasteiger partial charge in [0.05, 0.1) is 17.4 Å². The van der Waals surface area contributed by atoms with Crippen molar-refractivity contribution in [1.82, 2.24) is 9.55 Å². The minimum absolute atomic E-state index is 0.394. The first kappa shape index (κ1) is 11.5. The molecule has 0 saturated carbocycles. The van der Waals surface area contributed by atoms with Gasteiger partial charge in [0, 0.05) is 0 Å². The predicted octanol–water partition coefficient (Wildman–Crippen LogP) is 2.11. The third-order valence-electron chi connectivity index (χ3n) is 3.14. The zero-order chi connectivity index (χ0) is 13.2. The first-order valence-corrected chi connectivity index (χ1v) is 6.03. The number of fused-ring (bicyclic) bond motifs is 1. The molecular weight excluding hydrogens is 238 g/mol. The van der Waals surface area contributed by atoms with Crippen LogP contribution in [0, 0.1) is 0 Å². The van der Waals surface area contributed by atoms with Crippen molar-refractivity contribution in [2.75, 3.05) is 0 Å². The third kappa shape index (κ3) is 1.97. The second kappa shape index (κ2) is 4.57. The fourth-order valence-electron chi connectivity index (χ4n) is 2.28. The second-order valence-corrected chi connectivity index (χ2v) is 4.36. The highest BCUT2D eigenvalue weighted by Gasteiger charge is 2.21. The summed E-state index contributed by atoms with van der Waals surface area (Å²) in [4.78, 5) is 16.1. The molecule has 94 valence electrons. The molecule has 1 unspecified atom stereocenters. The highest BCUT2D eigenvalue weighted by atomic mass is 16.1. The minimum Gasteiger partial charge on any atom is -0.368 e. The molecule has 0 radical (unpaired) electrons. The maximum absolute atomic E-state index is 11.8. The van der Waals surface area contributed by atoms with E-state index in [4.69, 9.17) is 5.73 Å². The molecular formula is C15H13N3O. The van der Waals surface area contributed by atoms with Gasteiger partial charge in [0.15, 0.2) is 0 Å². The van der Waals surface area contributed by atoms with Crippen molar-refractivity contribution in [2.24, 2.45) is 5.73 Å². The van der Waals surface area contributed by atoms with E-state index < -0.39 is 11.9 Å². The predicted molar refractivity (Wildman–Crippen MR) is 73.5 cm³/mol. The van der Waals surface area contributed by atoms with Crippen LogP contribution >= 0.6 is 0 Å². The van der Waals surface area contributed by atoms with Gasteiger partial charge in [-0.1, -0.05) is 42.5 Å². The van der Waals surface area contributed by atoms with Gasteiger partial charge in [-0.2, -0.15) is 0 Å². The van der Waals surface area contributed by atoms with Crippen LogP contribution in [-0.4, -0.2) is 15.5 Å². The fourth-order valence-corrected chi connectivity index (χ4v) is 2.28. The highest BCUT2D eigenvalue weighted by Crippen LogP contribution is 2.23. The number of benzene rings is 2. The van der Waals surface area contributed by atoms with Crippen LogP contribution in [0.4, 0.5) is 0 Å². The quantitative estimate of drug-likeness (QED) is 0.775. The topological polar surface area (TPSA) is 60.9 Å². The van der Waals surface area contributed by atoms with Crippen molar-refractivity contribution in [3.63, 3.8) is 0 Å². The molecule has 2 N–H and O–H groups in total. The van der Waals surface area contributed by atoms with Gasteiger partial charge in [-0.05, 0) is 17.7 Å². The van der Waals surface area contributed by atoms with Gasteiger partial charge < -0.3 is 10.3 Å². The number of primary amides is 1. The van der Waals surface area contributed by atoms with Crippen molar-refractivity contribution >= 4 is 16.9 Å². The molecule has 3 aromatic rings. The smallest absolute Gasteiger partial charge is 0.245 e. The third-order valence-corrected chi connectivity index (χ3v) is 3.14. The summed E-state index contributed by atoms with van der Waals surface area (Å²) in [7, 11) is 0. The number of hydrogen-bond donors (Lipinski definition) is 1. The van der Waals surface area contributed by atoms with Gasteiger partial charge >= 0.3 is 0 Å². The van der Waals surface area contributed by atoms with E-state index in [-0.39, 0.29) is 0 Å². The van der Waals surface area contributed by atoms with Crippen molar-refractivity contribution in [3.8, 4) is 0 Å². The second-order valence-electron chi connectivity index (χ2n) is 4.36. The molecule has 0 fully saturated rings. The number of nitrogens with zero attached hydrogens (tertiary/aromatic N) is 2. The van der Waals surface area contributed by atoms with Gasteiger partial charge in [0.1, 0.15) is 6.04 Å². The first-order valence-electron chi connectivity index (χ1n) is 6.03. The standard InChI is InChI=1S/C15H13N3O/c16-15(19)14(11-6-2-1-3-7-11)18-10-17-12-8-4-5-9-13(12)18/h1-10,14H,(H2,16,19). The molecule has 0 aliphatic carbocycles. The zero-order valence-electron chi connectivity index (χ0n) is 10.2. The van der Waals surface area contributed by atoms with E-state index >= 15 is 0 Å². The van der Waals surface area contributed by atoms with E-state index in [0.717, 1.165) is 16.6 Å². The lowest BCUT2D eigenvalue weighted by Crippen LogP contribution is -2.27. The average Bonchev–Trinajstić information content (AvgIpc) is 2.84. The van der Waals surface area contributed by atoms with Crippen LogP contribution in [-0.2, 0) is 4.79 Å². The molecule has 4 heteroatoms. The van der Waals surface area contributed by atoms with Crippen molar-refractivity contribution < 1.29 is 4.79 Å². The van der Waals surface area contributed by atoms with Crippen LogP contribution in [0.2, 0.25) is 0 Å². The number of carbonyl (C=O) groups is 1. The van der Waals surface area contributed by atoms with Crippen LogP contribution in [0.15, 0.2) is 60.9 Å². The normalized spacial score (nSPS) is 12.4. The summed E-state index contributed by atoms with van der Waals surface area (Å²) in [5.74, 6) is -0.394. The van der Waals surface area contributed by atoms with E-state index in [0.29, 0.717) is 0 Å². The number of nitrogens with two attached hydrogens (primary N) is 1. The molecule has 2 aromatic carbocycles. The van der Waals surface area contributed by atoms with Crippen molar-refractivity contribution in [1.29, 1.82) is 0 Å². The Kier molecular flexibility index (Phi) is 2.76. The first-order chi connectivity index (χ1) is 9.27. The molecule has 1 aromatic heterocycles. The number of hydrogen-bond acceptors (Lipinski definition) is 2. The summed E-state index contributed by atoms with van der Waals surface area (Å²) in [5.41, 5.74) is 8.17. The Labute approximate surface area is 110 Å². The number of para-hydroxylation sites is 2. The highest BCUT2D eigenvalue weighted by molar-refractivity contribution is 5.85. The fraction of sp³-hybridized carbons (Fsp3) is 0.0667. The van der Waals surface area contributed by atoms with Gasteiger partial charge in [-0.15, -0.1) is 0 Å². The van der Waals surface area contributed by atoms with Crippen LogP contribution in [0.25, 0.3) is 11.0 Å². The van der Waals surface area contributed by atoms with Crippen molar-refractivity contribution in [3.05, 3.63) is 66.5 Å². The summed E-state index contributed by atoms with van der Waals surface area (Å²) in [6, 6.07) is 16.6. The monoisotopic (exact) mass is 251 g/mol. The molecule has 1 heterocycles. The Hall–Kier alpha value is -2.62. The van der Waals surface area contributed by atoms with Gasteiger partial charge in [-0.25, -0.2) is 4.98 Å². The number of carbonyl (C=O) groups excluding carboxylic acids is 1. The molecule has 1 amide bonds. The summed E-state index contributed by atoms with van der Waals surface area (Å²) < 4.78 is 1.81. The molecule has 4 nitrogen and oxygen atoms in total. The molecule has 0 spiro atoms. The summed E-state index contributed by atoms with van der Waals surface area (Å²) in [6.07, 6.45) is 1.66. The van der Waals surface area contributed by atoms with E-state index in [1.165, 1.54) is 0 Å². The number of aromatic nitrogens is 2. The minimum atomic E-state index is -0.534. The molecule has 0 aliphatic heterocycles. The SMILES string of the molecule is NC(=O)C(c1ccccc1)n1cnc2ccccc21. The maximum atomic E-state index is 11.8. The van der Waals surface area contributed by atoms with Crippen LogP contribution < -0.4 is 5.73 Å². The van der Waals surface area contributed by atoms with Gasteiger partial charge in [0.25, 0.3) is 0 Å². The molecule has 1 atom stereocenters. The zero-order valence-corrected chi connectivity index (χ0v) is 10.2. The number of rotatable bonds is 3. The van der Waals surface area contributed by atoms with Gasteiger partial charge in [0.2, 0.25) is 5.91 Å². The van der Waals surface area contributed by atoms with E-state index in [9.17, 15) is 4.79 Å². The largest absolute Gasteiger partial charge is 0.368 e. The summed E-state index contributed by atoms with van der Waals surface area (Å²) in [6.45, 7) is 0. The Morgan fingerprint density at radius 2 is 1.74 bits per heavy atom. The Morgan fingerprint density at radius 3 is 2.47 bits per heavy atom. The lowest BCUT2D eigenvalue weighted by Gasteiger charge is -2.16. The maximum Gasteiger partial charge on any atom is 0.245 e. The molecule has 0 aliphatic rings. The molecule has 0 saturated heterocycles. The van der Waals surface area contributed by atoms with Crippen LogP contribution in [0.3, 0.4) is 0 Å². The van der Waals surface area contributed by atoms with E-state index in [1.807, 2.05) is 59.2 Å². The molecule has 19 heavy (non-hydrogen) atoms. The Bertz CT molecular complexity index is 718. The number of imidazole rings is 1.